The van der Waals surface area contributed by atoms with E-state index >= 15 is 0 Å². The van der Waals surface area contributed by atoms with Gasteiger partial charge in [-0.15, -0.1) is 0 Å². The van der Waals surface area contributed by atoms with Crippen LogP contribution < -0.4 is 5.32 Å². The summed E-state index contributed by atoms with van der Waals surface area (Å²) in [6.07, 6.45) is 1.64. The van der Waals surface area contributed by atoms with E-state index in [4.69, 9.17) is 0 Å². The van der Waals surface area contributed by atoms with Crippen molar-refractivity contribution in [3.05, 3.63) is 52.6 Å². The first-order valence-electron chi connectivity index (χ1n) is 5.61. The number of nitrogens with one attached hydrogen (secondary N) is 2. The minimum Gasteiger partial charge on any atom is -0.348 e. The molecule has 18 heavy (non-hydrogen) atoms. The third-order valence-corrected chi connectivity index (χ3v) is 2.81. The lowest BCUT2D eigenvalue weighted by Crippen LogP contribution is -2.24. The van der Waals surface area contributed by atoms with Gasteiger partial charge in [-0.1, -0.05) is 12.1 Å². The fourth-order valence-corrected chi connectivity index (χ4v) is 1.65. The van der Waals surface area contributed by atoms with Crippen molar-refractivity contribution in [2.75, 3.05) is 0 Å². The first-order valence-corrected chi connectivity index (χ1v) is 5.61. The van der Waals surface area contributed by atoms with Crippen LogP contribution in [0, 0.1) is 19.7 Å². The molecule has 0 bridgehead atoms. The number of benzene rings is 1. The van der Waals surface area contributed by atoms with Crippen LogP contribution in [0.15, 0.2) is 24.4 Å². The van der Waals surface area contributed by atoms with Gasteiger partial charge in [0.25, 0.3) is 5.91 Å². The summed E-state index contributed by atoms with van der Waals surface area (Å²) in [5, 5.41) is 9.30. The molecule has 0 aliphatic carbocycles. The number of aromatic amines is 1. The molecular formula is C13H14FN3O. The van der Waals surface area contributed by atoms with Crippen LogP contribution in [0.5, 0.6) is 0 Å². The third kappa shape index (κ3) is 2.40. The second kappa shape index (κ2) is 5.00. The lowest BCUT2D eigenvalue weighted by atomic mass is 10.1. The third-order valence-electron chi connectivity index (χ3n) is 2.81. The molecule has 0 aliphatic rings. The lowest BCUT2D eigenvalue weighted by Gasteiger charge is -2.06. The monoisotopic (exact) mass is 247 g/mol. The SMILES string of the molecule is Cc1cccc(C(=O)NCc2cn[nH]c2C)c1F. The Balaban J connectivity index is 2.09. The topological polar surface area (TPSA) is 57.8 Å². The Morgan fingerprint density at radius 1 is 1.44 bits per heavy atom. The average Bonchev–Trinajstić information content (AvgIpc) is 2.75. The van der Waals surface area contributed by atoms with E-state index in [9.17, 15) is 9.18 Å². The molecule has 0 atom stereocenters. The largest absolute Gasteiger partial charge is 0.348 e. The highest BCUT2D eigenvalue weighted by Gasteiger charge is 2.13. The van der Waals surface area contributed by atoms with Gasteiger partial charge < -0.3 is 5.32 Å². The number of carbonyl (C=O) groups excluding carboxylic acids is 1. The van der Waals surface area contributed by atoms with Crippen molar-refractivity contribution in [2.45, 2.75) is 20.4 Å². The van der Waals surface area contributed by atoms with Gasteiger partial charge in [0.2, 0.25) is 0 Å². The van der Waals surface area contributed by atoms with E-state index in [1.165, 1.54) is 6.07 Å². The number of aryl methyl sites for hydroxylation is 2. The smallest absolute Gasteiger partial charge is 0.254 e. The van der Waals surface area contributed by atoms with Gasteiger partial charge >= 0.3 is 0 Å². The van der Waals surface area contributed by atoms with Crippen LogP contribution in [0.4, 0.5) is 4.39 Å². The van der Waals surface area contributed by atoms with Crippen LogP contribution in [-0.4, -0.2) is 16.1 Å². The fourth-order valence-electron chi connectivity index (χ4n) is 1.65. The van der Waals surface area contributed by atoms with Gasteiger partial charge in [0, 0.05) is 17.8 Å². The van der Waals surface area contributed by atoms with Crippen LogP contribution in [-0.2, 0) is 6.54 Å². The number of amides is 1. The minimum atomic E-state index is -0.473. The van der Waals surface area contributed by atoms with Gasteiger partial charge in [-0.2, -0.15) is 5.10 Å². The van der Waals surface area contributed by atoms with Gasteiger partial charge in [0.15, 0.2) is 0 Å². The predicted molar refractivity (Wildman–Crippen MR) is 65.6 cm³/mol. The second-order valence-corrected chi connectivity index (χ2v) is 4.14. The van der Waals surface area contributed by atoms with Crippen molar-refractivity contribution in [3.63, 3.8) is 0 Å². The second-order valence-electron chi connectivity index (χ2n) is 4.14. The van der Waals surface area contributed by atoms with Crippen LogP contribution in [0.2, 0.25) is 0 Å². The van der Waals surface area contributed by atoms with Gasteiger partial charge in [-0.3, -0.25) is 9.89 Å². The maximum absolute atomic E-state index is 13.7. The predicted octanol–water partition coefficient (Wildman–Crippen LogP) is 2.10. The molecule has 4 nitrogen and oxygen atoms in total. The van der Waals surface area contributed by atoms with Crippen molar-refractivity contribution < 1.29 is 9.18 Å². The molecular weight excluding hydrogens is 233 g/mol. The number of hydrogen-bond donors (Lipinski definition) is 2. The number of nitrogens with zero attached hydrogens (tertiary/aromatic N) is 1. The molecule has 94 valence electrons. The Labute approximate surface area is 104 Å². The highest BCUT2D eigenvalue weighted by Crippen LogP contribution is 2.12. The molecule has 0 aliphatic heterocycles. The summed E-state index contributed by atoms with van der Waals surface area (Å²) >= 11 is 0. The standard InChI is InChI=1S/C13H14FN3O/c1-8-4-3-5-11(12(8)14)13(18)15-6-10-7-16-17-9(10)2/h3-5,7H,6H2,1-2H3,(H,15,18)(H,16,17). The molecule has 1 heterocycles. The van der Waals surface area contributed by atoms with E-state index in [0.29, 0.717) is 12.1 Å². The molecule has 0 saturated heterocycles. The molecule has 2 N–H and O–H groups in total. The van der Waals surface area contributed by atoms with Crippen molar-refractivity contribution in [1.29, 1.82) is 0 Å². The van der Waals surface area contributed by atoms with Crippen molar-refractivity contribution in [1.82, 2.24) is 15.5 Å². The van der Waals surface area contributed by atoms with E-state index in [2.05, 4.69) is 15.5 Å². The van der Waals surface area contributed by atoms with E-state index < -0.39 is 11.7 Å². The summed E-state index contributed by atoms with van der Waals surface area (Å²) in [7, 11) is 0. The molecule has 5 heteroatoms. The van der Waals surface area contributed by atoms with E-state index in [-0.39, 0.29) is 5.56 Å². The number of rotatable bonds is 3. The summed E-state index contributed by atoms with van der Waals surface area (Å²) < 4.78 is 13.7. The number of halogens is 1. The molecule has 0 saturated carbocycles. The summed E-state index contributed by atoms with van der Waals surface area (Å²) in [4.78, 5) is 11.8. The molecule has 0 radical (unpaired) electrons. The Hall–Kier alpha value is -2.17. The number of carbonyl (C=O) groups is 1. The van der Waals surface area contributed by atoms with E-state index in [1.54, 1.807) is 25.3 Å². The lowest BCUT2D eigenvalue weighted by molar-refractivity contribution is 0.0946. The molecule has 1 aromatic heterocycles. The zero-order chi connectivity index (χ0) is 13.1. The summed E-state index contributed by atoms with van der Waals surface area (Å²) in [6, 6.07) is 4.77. The van der Waals surface area contributed by atoms with Crippen LogP contribution in [0.1, 0.15) is 27.2 Å². The van der Waals surface area contributed by atoms with Gasteiger partial charge in [-0.05, 0) is 25.5 Å². The molecule has 0 unspecified atom stereocenters. The molecule has 0 fully saturated rings. The molecule has 2 rings (SSSR count). The van der Waals surface area contributed by atoms with Crippen LogP contribution >= 0.6 is 0 Å². The quantitative estimate of drug-likeness (QED) is 0.872. The Bertz CT molecular complexity index is 577. The first kappa shape index (κ1) is 12.3. The molecule has 1 amide bonds. The minimum absolute atomic E-state index is 0.0659. The van der Waals surface area contributed by atoms with Gasteiger partial charge in [0.05, 0.1) is 11.8 Å². The molecule has 1 aromatic carbocycles. The van der Waals surface area contributed by atoms with E-state index in [0.717, 1.165) is 11.3 Å². The zero-order valence-corrected chi connectivity index (χ0v) is 10.2. The van der Waals surface area contributed by atoms with Crippen molar-refractivity contribution >= 4 is 5.91 Å². The Morgan fingerprint density at radius 2 is 2.22 bits per heavy atom. The highest BCUT2D eigenvalue weighted by molar-refractivity contribution is 5.94. The summed E-state index contributed by atoms with van der Waals surface area (Å²) in [6.45, 7) is 3.82. The first-order chi connectivity index (χ1) is 8.59. The average molecular weight is 247 g/mol. The van der Waals surface area contributed by atoms with Gasteiger partial charge in [-0.25, -0.2) is 4.39 Å². The Morgan fingerprint density at radius 3 is 2.89 bits per heavy atom. The van der Waals surface area contributed by atoms with Crippen LogP contribution in [0.3, 0.4) is 0 Å². The summed E-state index contributed by atoms with van der Waals surface area (Å²) in [5.74, 6) is -0.893. The summed E-state index contributed by atoms with van der Waals surface area (Å²) in [5.41, 5.74) is 2.30. The fraction of sp³-hybridized carbons (Fsp3) is 0.231. The van der Waals surface area contributed by atoms with Crippen LogP contribution in [0.25, 0.3) is 0 Å². The zero-order valence-electron chi connectivity index (χ0n) is 10.2. The maximum Gasteiger partial charge on any atom is 0.254 e. The molecule has 0 spiro atoms. The molecule has 2 aromatic rings. The Kier molecular flexibility index (Phi) is 3.41. The number of hydrogen-bond acceptors (Lipinski definition) is 2. The maximum atomic E-state index is 13.7. The van der Waals surface area contributed by atoms with Crippen molar-refractivity contribution in [3.8, 4) is 0 Å². The normalized spacial score (nSPS) is 10.4. The number of aromatic nitrogens is 2. The van der Waals surface area contributed by atoms with E-state index in [1.807, 2.05) is 6.92 Å². The number of H-pyrrole nitrogens is 1. The van der Waals surface area contributed by atoms with Crippen molar-refractivity contribution in [2.24, 2.45) is 0 Å². The highest BCUT2D eigenvalue weighted by atomic mass is 19.1. The van der Waals surface area contributed by atoms with Gasteiger partial charge in [0.1, 0.15) is 5.82 Å².